The predicted octanol–water partition coefficient (Wildman–Crippen LogP) is 6.61. The predicted molar refractivity (Wildman–Crippen MR) is 142 cm³/mol. The minimum atomic E-state index is -0.980. The molecule has 0 unspecified atom stereocenters. The number of rotatable bonds is 8. The third-order valence-corrected chi connectivity index (χ3v) is 7.35. The molecule has 2 aliphatic rings. The summed E-state index contributed by atoms with van der Waals surface area (Å²) in [4.78, 5) is 13.9. The van der Waals surface area contributed by atoms with Crippen LogP contribution in [0.5, 0.6) is 5.75 Å². The molecule has 0 bridgehead atoms. The molecular weight excluding hydrogens is 477 g/mol. The van der Waals surface area contributed by atoms with Crippen LogP contribution in [0.25, 0.3) is 11.1 Å². The van der Waals surface area contributed by atoms with Crippen LogP contribution in [0.3, 0.4) is 0 Å². The molecule has 0 saturated carbocycles. The van der Waals surface area contributed by atoms with Crippen molar-refractivity contribution in [2.75, 3.05) is 32.9 Å². The average molecular weight is 506 g/mol. The zero-order chi connectivity index (χ0) is 25.1. The Morgan fingerprint density at radius 2 is 1.83 bits per heavy atom. The van der Waals surface area contributed by atoms with Crippen molar-refractivity contribution in [1.29, 1.82) is 0 Å². The second-order valence-corrected chi connectivity index (χ2v) is 9.92. The molecule has 0 radical (unpaired) electrons. The van der Waals surface area contributed by atoms with Crippen LogP contribution in [0.1, 0.15) is 45.5 Å². The Bertz CT molecular complexity index is 1280. The number of hydrogen-bond donors (Lipinski definition) is 1. The van der Waals surface area contributed by atoms with E-state index in [-0.39, 0.29) is 12.2 Å². The monoisotopic (exact) mass is 505 g/mol. The van der Waals surface area contributed by atoms with Crippen molar-refractivity contribution < 1.29 is 19.0 Å². The molecular formula is C30H29ClFNO3. The number of alkyl halides is 1. The van der Waals surface area contributed by atoms with Gasteiger partial charge in [-0.05, 0) is 70.9 Å². The van der Waals surface area contributed by atoms with E-state index in [0.29, 0.717) is 36.1 Å². The lowest BCUT2D eigenvalue weighted by molar-refractivity contribution is 0.0696. The van der Waals surface area contributed by atoms with E-state index in [4.69, 9.17) is 16.3 Å². The number of aromatic carboxylic acids is 1. The number of carbonyl (C=O) groups is 1. The first-order valence-electron chi connectivity index (χ1n) is 12.4. The molecule has 0 atom stereocenters. The Hall–Kier alpha value is -3.15. The number of halogens is 2. The Kier molecular flexibility index (Phi) is 7.40. The van der Waals surface area contributed by atoms with E-state index in [1.165, 1.54) is 5.56 Å². The summed E-state index contributed by atoms with van der Waals surface area (Å²) in [5.74, 6) is 0.194. The van der Waals surface area contributed by atoms with E-state index in [9.17, 15) is 14.3 Å². The van der Waals surface area contributed by atoms with E-state index in [1.807, 2.05) is 30.3 Å². The van der Waals surface area contributed by atoms with Crippen molar-refractivity contribution >= 4 is 28.7 Å². The molecule has 0 amide bonds. The third kappa shape index (κ3) is 5.18. The van der Waals surface area contributed by atoms with Crippen LogP contribution in [0.15, 0.2) is 66.7 Å². The van der Waals surface area contributed by atoms with Gasteiger partial charge in [0.15, 0.2) is 0 Å². The molecule has 1 saturated heterocycles. The maximum absolute atomic E-state index is 12.4. The Morgan fingerprint density at radius 1 is 1.06 bits per heavy atom. The van der Waals surface area contributed by atoms with Crippen LogP contribution >= 0.6 is 11.6 Å². The fourth-order valence-electron chi connectivity index (χ4n) is 5.25. The average Bonchev–Trinajstić information content (AvgIpc) is 3.05. The standard InChI is InChI=1S/C30H29ClFNO3/c31-27-5-2-1-4-24(27)25-12-15-36-28-17-23(30(34)35)10-11-26(28)29(25)22-8-6-20(7-9-22)16-21-18-33(19-21)14-3-13-32/h1-2,4-11,17,21H,3,12-16,18-19H2,(H,34,35). The summed E-state index contributed by atoms with van der Waals surface area (Å²) in [5, 5.41) is 10.2. The fourth-order valence-corrected chi connectivity index (χ4v) is 5.50. The van der Waals surface area contributed by atoms with Gasteiger partial charge in [0, 0.05) is 36.6 Å². The molecule has 0 aromatic heterocycles. The molecule has 6 heteroatoms. The second-order valence-electron chi connectivity index (χ2n) is 9.52. The number of ether oxygens (including phenoxy) is 1. The van der Waals surface area contributed by atoms with Crippen LogP contribution in [0.4, 0.5) is 4.39 Å². The molecule has 4 nitrogen and oxygen atoms in total. The Morgan fingerprint density at radius 3 is 2.56 bits per heavy atom. The molecule has 36 heavy (non-hydrogen) atoms. The van der Waals surface area contributed by atoms with E-state index in [2.05, 4.69) is 29.2 Å². The number of likely N-dealkylation sites (tertiary alicyclic amines) is 1. The van der Waals surface area contributed by atoms with Gasteiger partial charge in [0.1, 0.15) is 5.75 Å². The van der Waals surface area contributed by atoms with Crippen LogP contribution < -0.4 is 4.74 Å². The first kappa shape index (κ1) is 24.5. The number of carboxylic acid groups (broad SMARTS) is 1. The first-order chi connectivity index (χ1) is 17.5. The summed E-state index contributed by atoms with van der Waals surface area (Å²) in [5.41, 5.74) is 6.44. The molecule has 0 aliphatic carbocycles. The highest BCUT2D eigenvalue weighted by atomic mass is 35.5. The van der Waals surface area contributed by atoms with Crippen LogP contribution in [0, 0.1) is 5.92 Å². The number of fused-ring (bicyclic) bond motifs is 1. The van der Waals surface area contributed by atoms with Crippen molar-refractivity contribution in [3.63, 3.8) is 0 Å². The van der Waals surface area contributed by atoms with E-state index < -0.39 is 5.97 Å². The van der Waals surface area contributed by atoms with Gasteiger partial charge in [-0.3, -0.25) is 4.39 Å². The highest BCUT2D eigenvalue weighted by Crippen LogP contribution is 2.43. The van der Waals surface area contributed by atoms with Gasteiger partial charge in [0.25, 0.3) is 0 Å². The summed E-state index contributed by atoms with van der Waals surface area (Å²) >= 11 is 6.63. The van der Waals surface area contributed by atoms with Crippen molar-refractivity contribution in [2.45, 2.75) is 19.3 Å². The quantitative estimate of drug-likeness (QED) is 0.374. The van der Waals surface area contributed by atoms with Gasteiger partial charge in [-0.15, -0.1) is 0 Å². The van der Waals surface area contributed by atoms with Crippen LogP contribution in [-0.2, 0) is 6.42 Å². The minimum absolute atomic E-state index is 0.200. The van der Waals surface area contributed by atoms with Crippen molar-refractivity contribution in [3.8, 4) is 5.75 Å². The third-order valence-electron chi connectivity index (χ3n) is 7.02. The zero-order valence-electron chi connectivity index (χ0n) is 20.1. The van der Waals surface area contributed by atoms with Gasteiger partial charge in [-0.25, -0.2) is 4.79 Å². The smallest absolute Gasteiger partial charge is 0.335 e. The van der Waals surface area contributed by atoms with Gasteiger partial charge < -0.3 is 14.7 Å². The lowest BCUT2D eigenvalue weighted by Gasteiger charge is -2.39. The number of carboxylic acids is 1. The Balaban J connectivity index is 1.49. The van der Waals surface area contributed by atoms with Gasteiger partial charge in [-0.2, -0.15) is 0 Å². The maximum atomic E-state index is 12.4. The summed E-state index contributed by atoms with van der Waals surface area (Å²) in [6, 6.07) is 21.5. The van der Waals surface area contributed by atoms with Crippen molar-refractivity contribution in [1.82, 2.24) is 4.90 Å². The summed E-state index contributed by atoms with van der Waals surface area (Å²) in [6.45, 7) is 3.08. The highest BCUT2D eigenvalue weighted by molar-refractivity contribution is 6.32. The number of hydrogen-bond acceptors (Lipinski definition) is 3. The Labute approximate surface area is 216 Å². The van der Waals surface area contributed by atoms with E-state index >= 15 is 0 Å². The van der Waals surface area contributed by atoms with Gasteiger partial charge in [0.05, 0.1) is 18.8 Å². The largest absolute Gasteiger partial charge is 0.493 e. The van der Waals surface area contributed by atoms with Gasteiger partial charge in [0.2, 0.25) is 0 Å². The first-order valence-corrected chi connectivity index (χ1v) is 12.8. The molecule has 3 aromatic rings. The SMILES string of the molecule is O=C(O)c1ccc2c(c1)OCCC(c1ccccc1Cl)=C2c1ccc(CC2CN(CCCF)C2)cc1. The molecule has 3 aromatic carbocycles. The van der Waals surface area contributed by atoms with Gasteiger partial charge >= 0.3 is 5.97 Å². The summed E-state index contributed by atoms with van der Waals surface area (Å²) < 4.78 is 18.5. The highest BCUT2D eigenvalue weighted by Gasteiger charge is 2.27. The molecule has 1 fully saturated rings. The zero-order valence-corrected chi connectivity index (χ0v) is 20.8. The molecule has 1 N–H and O–H groups in total. The molecule has 2 aliphatic heterocycles. The van der Waals surface area contributed by atoms with Gasteiger partial charge in [-0.1, -0.05) is 54.1 Å². The van der Waals surface area contributed by atoms with Crippen molar-refractivity contribution in [3.05, 3.63) is 99.6 Å². The fraction of sp³-hybridized carbons (Fsp3) is 0.300. The topological polar surface area (TPSA) is 49.8 Å². The minimum Gasteiger partial charge on any atom is -0.493 e. The number of nitrogens with zero attached hydrogens (tertiary/aromatic N) is 1. The van der Waals surface area contributed by atoms with Crippen molar-refractivity contribution in [2.24, 2.45) is 5.92 Å². The molecule has 5 rings (SSSR count). The number of benzene rings is 3. The summed E-state index contributed by atoms with van der Waals surface area (Å²) in [6.07, 6.45) is 2.27. The lowest BCUT2D eigenvalue weighted by atomic mass is 9.86. The lowest BCUT2D eigenvalue weighted by Crippen LogP contribution is -2.47. The summed E-state index contributed by atoms with van der Waals surface area (Å²) in [7, 11) is 0. The molecule has 2 heterocycles. The molecule has 186 valence electrons. The van der Waals surface area contributed by atoms with Crippen LogP contribution in [0.2, 0.25) is 5.02 Å². The maximum Gasteiger partial charge on any atom is 0.335 e. The molecule has 0 spiro atoms. The normalized spacial score (nSPS) is 16.2. The van der Waals surface area contributed by atoms with E-state index in [0.717, 1.165) is 53.9 Å². The second kappa shape index (κ2) is 10.9. The van der Waals surface area contributed by atoms with Crippen LogP contribution in [-0.4, -0.2) is 48.9 Å². The van der Waals surface area contributed by atoms with E-state index in [1.54, 1.807) is 12.1 Å².